The molecule has 5 nitrogen and oxygen atoms in total. The van der Waals surface area contributed by atoms with Gasteiger partial charge in [0.25, 0.3) is 0 Å². The molecular weight excluding hydrogens is 437 g/mol. The van der Waals surface area contributed by atoms with Crippen molar-refractivity contribution in [2.24, 2.45) is 10.7 Å². The number of fused-ring (bicyclic) bond motifs is 1. The Morgan fingerprint density at radius 1 is 1.50 bits per heavy atom. The van der Waals surface area contributed by atoms with E-state index in [2.05, 4.69) is 32.8 Å². The van der Waals surface area contributed by atoms with Crippen LogP contribution in [0.4, 0.5) is 0 Å². The van der Waals surface area contributed by atoms with E-state index in [9.17, 15) is 0 Å². The highest BCUT2D eigenvalue weighted by atomic mass is 127. The van der Waals surface area contributed by atoms with Crippen LogP contribution in [0, 0.1) is 0 Å². The highest BCUT2D eigenvalue weighted by molar-refractivity contribution is 14.0. The summed E-state index contributed by atoms with van der Waals surface area (Å²) in [7, 11) is 0. The third-order valence-electron chi connectivity index (χ3n) is 2.49. The second-order valence-electron chi connectivity index (χ2n) is 4.32. The van der Waals surface area contributed by atoms with E-state index in [0.717, 1.165) is 27.1 Å². The largest absolute Gasteiger partial charge is 0.454 e. The van der Waals surface area contributed by atoms with Gasteiger partial charge in [0.05, 0.1) is 11.0 Å². The zero-order valence-corrected chi connectivity index (χ0v) is 15.0. The van der Waals surface area contributed by atoms with Crippen LogP contribution in [0.2, 0.25) is 0 Å². The smallest absolute Gasteiger partial charge is 0.231 e. The van der Waals surface area contributed by atoms with E-state index in [1.807, 2.05) is 19.1 Å². The quantitative estimate of drug-likeness (QED) is 0.318. The van der Waals surface area contributed by atoms with Gasteiger partial charge in [0.15, 0.2) is 17.5 Å². The first-order valence-electron chi connectivity index (χ1n) is 5.82. The minimum Gasteiger partial charge on any atom is -0.454 e. The van der Waals surface area contributed by atoms with Crippen LogP contribution in [-0.2, 0) is 6.54 Å². The van der Waals surface area contributed by atoms with Gasteiger partial charge in [-0.1, -0.05) is 12.2 Å². The van der Waals surface area contributed by atoms with E-state index < -0.39 is 0 Å². The van der Waals surface area contributed by atoms with Gasteiger partial charge in [-0.25, -0.2) is 4.99 Å². The lowest BCUT2D eigenvalue weighted by molar-refractivity contribution is 0.173. The average molecular weight is 454 g/mol. The summed E-state index contributed by atoms with van der Waals surface area (Å²) < 4.78 is 11.5. The van der Waals surface area contributed by atoms with Gasteiger partial charge < -0.3 is 20.5 Å². The number of rotatable bonds is 4. The molecule has 0 atom stereocenters. The number of guanidine groups is 1. The molecule has 0 radical (unpaired) electrons. The molecule has 0 saturated carbocycles. The molecule has 0 unspecified atom stereocenters. The topological polar surface area (TPSA) is 68.9 Å². The van der Waals surface area contributed by atoms with E-state index in [-0.39, 0.29) is 30.8 Å². The number of nitrogens with one attached hydrogen (secondary N) is 1. The molecule has 20 heavy (non-hydrogen) atoms. The van der Waals surface area contributed by atoms with Gasteiger partial charge in [-0.15, -0.1) is 24.0 Å². The van der Waals surface area contributed by atoms with Crippen molar-refractivity contribution in [3.8, 4) is 11.5 Å². The molecule has 0 spiro atoms. The highest BCUT2D eigenvalue weighted by Gasteiger charge is 2.17. The van der Waals surface area contributed by atoms with Crippen LogP contribution in [0.3, 0.4) is 0 Å². The fourth-order valence-corrected chi connectivity index (χ4v) is 2.19. The standard InChI is InChI=1S/C13H16BrN3O2.HI/c1-8(2)5-16-13(15)17-6-9-3-10(14)12-11(4-9)18-7-19-12;/h3-4H,1,5-7H2,2H3,(H3,15,16,17);1H. The van der Waals surface area contributed by atoms with E-state index in [1.54, 1.807) is 0 Å². The van der Waals surface area contributed by atoms with Gasteiger partial charge in [0.1, 0.15) is 0 Å². The zero-order chi connectivity index (χ0) is 13.8. The van der Waals surface area contributed by atoms with Crippen LogP contribution < -0.4 is 20.5 Å². The summed E-state index contributed by atoms with van der Waals surface area (Å²) in [4.78, 5) is 4.26. The molecule has 1 aliphatic rings. The van der Waals surface area contributed by atoms with Crippen molar-refractivity contribution in [1.29, 1.82) is 0 Å². The Labute approximate surface area is 143 Å². The lowest BCUT2D eigenvalue weighted by Crippen LogP contribution is -2.32. The van der Waals surface area contributed by atoms with Gasteiger partial charge in [-0.2, -0.15) is 0 Å². The number of ether oxygens (including phenoxy) is 2. The molecule has 2 rings (SSSR count). The molecule has 3 N–H and O–H groups in total. The Kier molecular flexibility index (Phi) is 6.60. The summed E-state index contributed by atoms with van der Waals surface area (Å²) >= 11 is 3.44. The lowest BCUT2D eigenvalue weighted by atomic mass is 10.2. The Morgan fingerprint density at radius 2 is 2.25 bits per heavy atom. The molecule has 0 amide bonds. The molecular formula is C13H17BrIN3O2. The predicted molar refractivity (Wildman–Crippen MR) is 93.8 cm³/mol. The molecule has 7 heteroatoms. The SMILES string of the molecule is C=C(C)CNC(N)=NCc1cc(Br)c2c(c1)OCO2.I. The molecule has 1 heterocycles. The van der Waals surface area contributed by atoms with Crippen LogP contribution in [0.5, 0.6) is 11.5 Å². The number of halogens is 2. The van der Waals surface area contributed by atoms with Crippen LogP contribution in [0.15, 0.2) is 33.7 Å². The van der Waals surface area contributed by atoms with E-state index >= 15 is 0 Å². The van der Waals surface area contributed by atoms with Gasteiger partial charge in [0.2, 0.25) is 6.79 Å². The number of hydrogen-bond acceptors (Lipinski definition) is 3. The second kappa shape index (κ2) is 7.72. The number of aliphatic imine (C=N–C) groups is 1. The van der Waals surface area contributed by atoms with Crippen molar-refractivity contribution >= 4 is 45.9 Å². The Bertz CT molecular complexity index is 535. The monoisotopic (exact) mass is 453 g/mol. The summed E-state index contributed by atoms with van der Waals surface area (Å²) in [5.41, 5.74) is 7.75. The van der Waals surface area contributed by atoms with E-state index in [1.165, 1.54) is 0 Å². The predicted octanol–water partition coefficient (Wildman–Crippen LogP) is 2.78. The van der Waals surface area contributed by atoms with Crippen molar-refractivity contribution < 1.29 is 9.47 Å². The first-order chi connectivity index (χ1) is 9.06. The maximum atomic E-state index is 5.75. The number of nitrogens with two attached hydrogens (primary N) is 1. The summed E-state index contributed by atoms with van der Waals surface area (Å²) in [5, 5.41) is 2.98. The highest BCUT2D eigenvalue weighted by Crippen LogP contribution is 2.40. The number of hydrogen-bond donors (Lipinski definition) is 2. The minimum absolute atomic E-state index is 0. The summed E-state index contributed by atoms with van der Waals surface area (Å²) in [6.45, 7) is 7.07. The summed E-state index contributed by atoms with van der Waals surface area (Å²) in [6, 6.07) is 3.85. The number of nitrogens with zero attached hydrogens (tertiary/aromatic N) is 1. The molecule has 0 saturated heterocycles. The molecule has 0 aliphatic carbocycles. The Hall–Kier alpha value is -0.960. The van der Waals surface area contributed by atoms with Crippen molar-refractivity contribution in [3.63, 3.8) is 0 Å². The first-order valence-corrected chi connectivity index (χ1v) is 6.62. The molecule has 110 valence electrons. The van der Waals surface area contributed by atoms with Crippen LogP contribution >= 0.6 is 39.9 Å². The zero-order valence-electron chi connectivity index (χ0n) is 11.1. The van der Waals surface area contributed by atoms with Crippen molar-refractivity contribution in [2.45, 2.75) is 13.5 Å². The Balaban J connectivity index is 0.00000200. The van der Waals surface area contributed by atoms with E-state index in [0.29, 0.717) is 19.0 Å². The number of benzene rings is 1. The van der Waals surface area contributed by atoms with E-state index in [4.69, 9.17) is 15.2 Å². The van der Waals surface area contributed by atoms with Crippen LogP contribution in [-0.4, -0.2) is 19.3 Å². The Morgan fingerprint density at radius 3 is 2.95 bits per heavy atom. The van der Waals surface area contributed by atoms with Crippen molar-refractivity contribution in [1.82, 2.24) is 5.32 Å². The van der Waals surface area contributed by atoms with Crippen LogP contribution in [0.1, 0.15) is 12.5 Å². The fraction of sp³-hybridized carbons (Fsp3) is 0.308. The van der Waals surface area contributed by atoms with Crippen molar-refractivity contribution in [2.75, 3.05) is 13.3 Å². The van der Waals surface area contributed by atoms with Gasteiger partial charge in [-0.05, 0) is 40.5 Å². The minimum atomic E-state index is 0. The van der Waals surface area contributed by atoms with Crippen molar-refractivity contribution in [3.05, 3.63) is 34.3 Å². The molecule has 0 aromatic heterocycles. The maximum Gasteiger partial charge on any atom is 0.231 e. The molecule has 1 aromatic carbocycles. The second-order valence-corrected chi connectivity index (χ2v) is 5.18. The van der Waals surface area contributed by atoms with Crippen LogP contribution in [0.25, 0.3) is 0 Å². The lowest BCUT2D eigenvalue weighted by Gasteiger charge is -2.06. The van der Waals surface area contributed by atoms with Gasteiger partial charge >= 0.3 is 0 Å². The first kappa shape index (κ1) is 17.1. The summed E-state index contributed by atoms with van der Waals surface area (Å²) in [5.74, 6) is 1.87. The average Bonchev–Trinajstić information content (AvgIpc) is 2.82. The fourth-order valence-electron chi connectivity index (χ4n) is 1.59. The third kappa shape index (κ3) is 4.55. The van der Waals surface area contributed by atoms with Gasteiger partial charge in [0, 0.05) is 6.54 Å². The molecule has 0 bridgehead atoms. The molecule has 0 fully saturated rings. The maximum absolute atomic E-state index is 5.75. The normalized spacial score (nSPS) is 12.8. The third-order valence-corrected chi connectivity index (χ3v) is 3.08. The summed E-state index contributed by atoms with van der Waals surface area (Å²) in [6.07, 6.45) is 0. The molecule has 1 aliphatic heterocycles. The molecule has 1 aromatic rings. The van der Waals surface area contributed by atoms with Gasteiger partial charge in [-0.3, -0.25) is 0 Å².